The third-order valence-corrected chi connectivity index (χ3v) is 3.46. The molecule has 0 aromatic heterocycles. The summed E-state index contributed by atoms with van der Waals surface area (Å²) in [4.78, 5) is 0. The number of hydrogen-bond acceptors (Lipinski definition) is 2. The molecular weight excluding hydrogens is 224 g/mol. The summed E-state index contributed by atoms with van der Waals surface area (Å²) in [5.74, 6) is 1.95. The van der Waals surface area contributed by atoms with Crippen LogP contribution in [0.4, 0.5) is 0 Å². The van der Waals surface area contributed by atoms with Crippen LogP contribution in [0.2, 0.25) is 0 Å². The van der Waals surface area contributed by atoms with Gasteiger partial charge in [-0.3, -0.25) is 0 Å². The van der Waals surface area contributed by atoms with Gasteiger partial charge in [-0.25, -0.2) is 0 Å². The molecular formula is C13H17ClO2. The third kappa shape index (κ3) is 2.50. The molecule has 16 heavy (non-hydrogen) atoms. The molecule has 1 heterocycles. The second kappa shape index (κ2) is 5.55. The molecule has 88 valence electrons. The van der Waals surface area contributed by atoms with Crippen LogP contribution in [0.15, 0.2) is 24.3 Å². The minimum absolute atomic E-state index is 0.126. The lowest BCUT2D eigenvalue weighted by atomic mass is 9.91. The molecule has 0 bridgehead atoms. The Hall–Kier alpha value is -0.730. The number of halogens is 1. The van der Waals surface area contributed by atoms with Gasteiger partial charge in [-0.15, -0.1) is 11.6 Å². The van der Waals surface area contributed by atoms with Gasteiger partial charge in [-0.05, 0) is 30.5 Å². The standard InChI is InChI=1S/C13H17ClO2/c1-15-12-6-2-4-10(8-12)13-11(9-14)5-3-7-16-13/h2,4,6,8,11,13H,3,5,7,9H2,1H3. The maximum atomic E-state index is 5.99. The predicted molar refractivity (Wildman–Crippen MR) is 65.1 cm³/mol. The van der Waals surface area contributed by atoms with Gasteiger partial charge < -0.3 is 9.47 Å². The largest absolute Gasteiger partial charge is 0.497 e. The van der Waals surface area contributed by atoms with Gasteiger partial charge in [0.15, 0.2) is 0 Å². The monoisotopic (exact) mass is 240 g/mol. The third-order valence-electron chi connectivity index (χ3n) is 3.07. The smallest absolute Gasteiger partial charge is 0.119 e. The molecule has 2 rings (SSSR count). The predicted octanol–water partition coefficient (Wildman–Crippen LogP) is 3.40. The van der Waals surface area contributed by atoms with Gasteiger partial charge >= 0.3 is 0 Å². The fraction of sp³-hybridized carbons (Fsp3) is 0.538. The summed E-state index contributed by atoms with van der Waals surface area (Å²) >= 11 is 5.99. The van der Waals surface area contributed by atoms with Gasteiger partial charge in [-0.2, -0.15) is 0 Å². The molecule has 0 N–H and O–H groups in total. The van der Waals surface area contributed by atoms with Crippen molar-refractivity contribution < 1.29 is 9.47 Å². The molecule has 2 atom stereocenters. The van der Waals surface area contributed by atoms with Crippen LogP contribution in [0.3, 0.4) is 0 Å². The summed E-state index contributed by atoms with van der Waals surface area (Å²) in [5, 5.41) is 0. The Bertz CT molecular complexity index is 340. The molecule has 0 aliphatic carbocycles. The van der Waals surface area contributed by atoms with Crippen LogP contribution in [0.1, 0.15) is 24.5 Å². The van der Waals surface area contributed by atoms with Gasteiger partial charge in [-0.1, -0.05) is 12.1 Å². The van der Waals surface area contributed by atoms with Crippen LogP contribution in [-0.4, -0.2) is 19.6 Å². The Morgan fingerprint density at radius 1 is 1.50 bits per heavy atom. The highest BCUT2D eigenvalue weighted by molar-refractivity contribution is 6.18. The van der Waals surface area contributed by atoms with E-state index in [-0.39, 0.29) is 6.10 Å². The summed E-state index contributed by atoms with van der Waals surface area (Å²) in [7, 11) is 1.68. The van der Waals surface area contributed by atoms with E-state index >= 15 is 0 Å². The van der Waals surface area contributed by atoms with Crippen molar-refractivity contribution in [1.82, 2.24) is 0 Å². The minimum Gasteiger partial charge on any atom is -0.497 e. The highest BCUT2D eigenvalue weighted by atomic mass is 35.5. The summed E-state index contributed by atoms with van der Waals surface area (Å²) in [5.41, 5.74) is 1.17. The number of methoxy groups -OCH3 is 1. The summed E-state index contributed by atoms with van der Waals surface area (Å²) in [6.07, 6.45) is 2.38. The van der Waals surface area contributed by atoms with Crippen molar-refractivity contribution in [2.24, 2.45) is 5.92 Å². The van der Waals surface area contributed by atoms with Gasteiger partial charge in [0.25, 0.3) is 0 Å². The Kier molecular flexibility index (Phi) is 4.08. The van der Waals surface area contributed by atoms with E-state index in [2.05, 4.69) is 6.07 Å². The maximum Gasteiger partial charge on any atom is 0.119 e. The summed E-state index contributed by atoms with van der Waals surface area (Å²) < 4.78 is 11.1. The van der Waals surface area contributed by atoms with E-state index in [4.69, 9.17) is 21.1 Å². The highest BCUT2D eigenvalue weighted by Gasteiger charge is 2.26. The average Bonchev–Trinajstić information content (AvgIpc) is 2.38. The number of rotatable bonds is 3. The molecule has 0 spiro atoms. The Morgan fingerprint density at radius 3 is 3.12 bits per heavy atom. The molecule has 1 aromatic rings. The van der Waals surface area contributed by atoms with Crippen molar-refractivity contribution >= 4 is 11.6 Å². The normalized spacial score (nSPS) is 25.4. The second-order valence-electron chi connectivity index (χ2n) is 4.12. The van der Waals surface area contributed by atoms with Crippen LogP contribution in [0, 0.1) is 5.92 Å². The van der Waals surface area contributed by atoms with Crippen molar-refractivity contribution in [3.05, 3.63) is 29.8 Å². The zero-order valence-corrected chi connectivity index (χ0v) is 10.2. The molecule has 1 fully saturated rings. The van der Waals surface area contributed by atoms with Crippen molar-refractivity contribution in [1.29, 1.82) is 0 Å². The molecule has 0 radical (unpaired) electrons. The quantitative estimate of drug-likeness (QED) is 0.754. The van der Waals surface area contributed by atoms with Gasteiger partial charge in [0.1, 0.15) is 5.75 Å². The van der Waals surface area contributed by atoms with Crippen molar-refractivity contribution in [3.63, 3.8) is 0 Å². The van der Waals surface area contributed by atoms with Crippen LogP contribution in [0.5, 0.6) is 5.75 Å². The first-order chi connectivity index (χ1) is 7.85. The first-order valence-corrected chi connectivity index (χ1v) is 6.20. The van der Waals surface area contributed by atoms with Gasteiger partial charge in [0, 0.05) is 18.4 Å². The molecule has 1 saturated heterocycles. The summed E-state index contributed by atoms with van der Waals surface area (Å²) in [6.45, 7) is 0.829. The minimum atomic E-state index is 0.126. The van der Waals surface area contributed by atoms with E-state index in [9.17, 15) is 0 Å². The Morgan fingerprint density at radius 2 is 2.38 bits per heavy atom. The molecule has 2 nitrogen and oxygen atoms in total. The van der Waals surface area contributed by atoms with Gasteiger partial charge in [0.05, 0.1) is 13.2 Å². The fourth-order valence-electron chi connectivity index (χ4n) is 2.19. The zero-order valence-electron chi connectivity index (χ0n) is 9.49. The maximum absolute atomic E-state index is 5.99. The van der Waals surface area contributed by atoms with Crippen molar-refractivity contribution in [3.8, 4) is 5.75 Å². The fourth-order valence-corrected chi connectivity index (χ4v) is 2.50. The number of ether oxygens (including phenoxy) is 2. The van der Waals surface area contributed by atoms with Crippen molar-refractivity contribution in [2.45, 2.75) is 18.9 Å². The van der Waals surface area contributed by atoms with Crippen LogP contribution < -0.4 is 4.74 Å². The van der Waals surface area contributed by atoms with Gasteiger partial charge in [0.2, 0.25) is 0 Å². The van der Waals surface area contributed by atoms with Crippen molar-refractivity contribution in [2.75, 3.05) is 19.6 Å². The second-order valence-corrected chi connectivity index (χ2v) is 4.43. The van der Waals surface area contributed by atoms with Crippen LogP contribution >= 0.6 is 11.6 Å². The van der Waals surface area contributed by atoms with Crippen LogP contribution in [-0.2, 0) is 4.74 Å². The number of hydrogen-bond donors (Lipinski definition) is 0. The van der Waals surface area contributed by atoms with E-state index in [1.54, 1.807) is 7.11 Å². The zero-order chi connectivity index (χ0) is 11.4. The number of alkyl halides is 1. The first kappa shape index (κ1) is 11.7. The molecule has 1 aliphatic heterocycles. The molecule has 2 unspecified atom stereocenters. The lowest BCUT2D eigenvalue weighted by Gasteiger charge is -2.30. The topological polar surface area (TPSA) is 18.5 Å². The molecule has 0 amide bonds. The van der Waals surface area contributed by atoms with E-state index in [0.717, 1.165) is 25.2 Å². The number of benzene rings is 1. The van der Waals surface area contributed by atoms with E-state index in [1.165, 1.54) is 5.56 Å². The van der Waals surface area contributed by atoms with E-state index in [0.29, 0.717) is 11.8 Å². The molecule has 1 aliphatic rings. The Labute approximate surface area is 102 Å². The SMILES string of the molecule is COc1cccc(C2OCCCC2CCl)c1. The molecule has 1 aromatic carbocycles. The Balaban J connectivity index is 2.20. The average molecular weight is 241 g/mol. The lowest BCUT2D eigenvalue weighted by Crippen LogP contribution is -2.23. The summed E-state index contributed by atoms with van der Waals surface area (Å²) in [6, 6.07) is 8.06. The van der Waals surface area contributed by atoms with E-state index < -0.39 is 0 Å². The first-order valence-electron chi connectivity index (χ1n) is 5.66. The molecule has 3 heteroatoms. The molecule has 0 saturated carbocycles. The van der Waals surface area contributed by atoms with Crippen LogP contribution in [0.25, 0.3) is 0 Å². The van der Waals surface area contributed by atoms with E-state index in [1.807, 2.05) is 18.2 Å². The lowest BCUT2D eigenvalue weighted by molar-refractivity contribution is -0.0209. The highest BCUT2D eigenvalue weighted by Crippen LogP contribution is 2.35.